The maximum Gasteiger partial charge on any atom is 0.149 e. The van der Waals surface area contributed by atoms with Gasteiger partial charge in [0.2, 0.25) is 0 Å². The second-order valence-electron chi connectivity index (χ2n) is 4.14. The van der Waals surface area contributed by atoms with Gasteiger partial charge in [-0.15, -0.1) is 16.4 Å². The highest BCUT2D eigenvalue weighted by atomic mass is 32.1. The van der Waals surface area contributed by atoms with Crippen molar-refractivity contribution >= 4 is 11.3 Å². The summed E-state index contributed by atoms with van der Waals surface area (Å²) in [6, 6.07) is 9.60. The molecule has 5 nitrogen and oxygen atoms in total. The Kier molecular flexibility index (Phi) is 3.10. The minimum absolute atomic E-state index is 0.612. The van der Waals surface area contributed by atoms with Crippen molar-refractivity contribution in [2.24, 2.45) is 0 Å². The first-order valence-corrected chi connectivity index (χ1v) is 6.70. The van der Waals surface area contributed by atoms with Gasteiger partial charge >= 0.3 is 0 Å². The van der Waals surface area contributed by atoms with Crippen molar-refractivity contribution in [1.82, 2.24) is 20.0 Å². The lowest BCUT2D eigenvalue weighted by Crippen LogP contribution is -2.08. The first-order chi connectivity index (χ1) is 9.25. The lowest BCUT2D eigenvalue weighted by Gasteiger charge is -2.09. The molecule has 1 N–H and O–H groups in total. The fourth-order valence-corrected chi connectivity index (χ4v) is 2.61. The monoisotopic (exact) mass is 272 g/mol. The molecular weight excluding hydrogens is 260 g/mol. The number of hydrogen-bond donors (Lipinski definition) is 1. The summed E-state index contributed by atoms with van der Waals surface area (Å²) in [5.41, 5.74) is 2.38. The normalized spacial score (nSPS) is 12.5. The number of aromatic nitrogens is 4. The third-order valence-electron chi connectivity index (χ3n) is 2.73. The molecule has 96 valence electrons. The maximum atomic E-state index is 10.4. The van der Waals surface area contributed by atoms with Gasteiger partial charge in [0.15, 0.2) is 0 Å². The summed E-state index contributed by atoms with van der Waals surface area (Å²) in [5.74, 6) is 0. The number of thiazole rings is 1. The molecule has 1 unspecified atom stereocenters. The molecule has 1 atom stereocenters. The number of aliphatic hydroxyl groups excluding tert-OH is 1. The predicted molar refractivity (Wildman–Crippen MR) is 72.3 cm³/mol. The fraction of sp³-hybridized carbons (Fsp3) is 0.154. The Labute approximate surface area is 114 Å². The number of para-hydroxylation sites is 1. The quantitative estimate of drug-likeness (QED) is 0.793. The summed E-state index contributed by atoms with van der Waals surface area (Å²) in [4.78, 5) is 4.30. The smallest absolute Gasteiger partial charge is 0.149 e. The zero-order valence-corrected chi connectivity index (χ0v) is 11.1. The Morgan fingerprint density at radius 3 is 2.74 bits per heavy atom. The molecule has 0 amide bonds. The number of nitrogens with zero attached hydrogens (tertiary/aromatic N) is 4. The third-order valence-corrected chi connectivity index (χ3v) is 3.74. The fourth-order valence-electron chi connectivity index (χ4n) is 1.82. The Balaban J connectivity index is 2.01. The lowest BCUT2D eigenvalue weighted by molar-refractivity contribution is 0.211. The van der Waals surface area contributed by atoms with Crippen molar-refractivity contribution in [3.05, 3.63) is 58.3 Å². The highest BCUT2D eigenvalue weighted by Crippen LogP contribution is 2.25. The Morgan fingerprint density at radius 1 is 1.26 bits per heavy atom. The van der Waals surface area contributed by atoms with Crippen LogP contribution in [0.25, 0.3) is 5.69 Å². The first kappa shape index (κ1) is 12.0. The van der Waals surface area contributed by atoms with Crippen molar-refractivity contribution in [2.75, 3.05) is 0 Å². The third kappa shape index (κ3) is 2.27. The SMILES string of the molecule is Cc1csc(C(O)c2cnnn2-c2ccccc2)n1. The van der Waals surface area contributed by atoms with Crippen LogP contribution in [0.15, 0.2) is 41.9 Å². The number of benzene rings is 1. The number of aliphatic hydroxyl groups is 1. The van der Waals surface area contributed by atoms with Gasteiger partial charge in [-0.25, -0.2) is 9.67 Å². The van der Waals surface area contributed by atoms with Crippen LogP contribution in [0, 0.1) is 6.92 Å². The maximum absolute atomic E-state index is 10.4. The van der Waals surface area contributed by atoms with Crippen LogP contribution in [0.3, 0.4) is 0 Å². The average Bonchev–Trinajstić information content (AvgIpc) is 3.07. The van der Waals surface area contributed by atoms with Crippen molar-refractivity contribution in [1.29, 1.82) is 0 Å². The van der Waals surface area contributed by atoms with Gasteiger partial charge in [0.25, 0.3) is 0 Å². The zero-order chi connectivity index (χ0) is 13.2. The van der Waals surface area contributed by atoms with E-state index < -0.39 is 6.10 Å². The van der Waals surface area contributed by atoms with Gasteiger partial charge < -0.3 is 5.11 Å². The van der Waals surface area contributed by atoms with E-state index in [9.17, 15) is 5.11 Å². The Morgan fingerprint density at radius 2 is 2.05 bits per heavy atom. The van der Waals surface area contributed by atoms with E-state index in [0.29, 0.717) is 10.7 Å². The number of hydrogen-bond acceptors (Lipinski definition) is 5. The van der Waals surface area contributed by atoms with Gasteiger partial charge in [-0.05, 0) is 19.1 Å². The van der Waals surface area contributed by atoms with Gasteiger partial charge in [-0.3, -0.25) is 0 Å². The molecule has 0 aliphatic rings. The predicted octanol–water partition coefficient (Wildman–Crippen LogP) is 2.11. The lowest BCUT2D eigenvalue weighted by atomic mass is 10.2. The highest BCUT2D eigenvalue weighted by molar-refractivity contribution is 7.09. The number of aryl methyl sites for hydroxylation is 1. The van der Waals surface area contributed by atoms with Gasteiger partial charge in [0, 0.05) is 11.1 Å². The molecule has 0 radical (unpaired) electrons. The van der Waals surface area contributed by atoms with E-state index in [1.807, 2.05) is 42.6 Å². The van der Waals surface area contributed by atoms with Gasteiger partial charge in [-0.2, -0.15) is 0 Å². The van der Waals surface area contributed by atoms with Crippen LogP contribution in [0.2, 0.25) is 0 Å². The van der Waals surface area contributed by atoms with Crippen molar-refractivity contribution < 1.29 is 5.11 Å². The van der Waals surface area contributed by atoms with Crippen molar-refractivity contribution in [2.45, 2.75) is 13.0 Å². The molecule has 2 aromatic heterocycles. The number of rotatable bonds is 3. The topological polar surface area (TPSA) is 63.8 Å². The first-order valence-electron chi connectivity index (χ1n) is 5.82. The van der Waals surface area contributed by atoms with E-state index >= 15 is 0 Å². The summed E-state index contributed by atoms with van der Waals surface area (Å²) < 4.78 is 1.63. The zero-order valence-electron chi connectivity index (χ0n) is 10.3. The van der Waals surface area contributed by atoms with Crippen molar-refractivity contribution in [3.8, 4) is 5.69 Å². The summed E-state index contributed by atoms with van der Waals surface area (Å²) >= 11 is 1.43. The van der Waals surface area contributed by atoms with Crippen LogP contribution in [0.1, 0.15) is 22.5 Å². The van der Waals surface area contributed by atoms with Crippen LogP contribution >= 0.6 is 11.3 Å². The van der Waals surface area contributed by atoms with Gasteiger partial charge in [0.1, 0.15) is 16.8 Å². The van der Waals surface area contributed by atoms with E-state index in [-0.39, 0.29) is 0 Å². The van der Waals surface area contributed by atoms with E-state index in [1.54, 1.807) is 10.9 Å². The van der Waals surface area contributed by atoms with Crippen LogP contribution in [-0.2, 0) is 0 Å². The Hall–Kier alpha value is -2.05. The largest absolute Gasteiger partial charge is 0.379 e. The van der Waals surface area contributed by atoms with Crippen LogP contribution in [0.5, 0.6) is 0 Å². The second kappa shape index (κ2) is 4.91. The van der Waals surface area contributed by atoms with Crippen molar-refractivity contribution in [3.63, 3.8) is 0 Å². The van der Waals surface area contributed by atoms with Gasteiger partial charge in [-0.1, -0.05) is 23.4 Å². The molecule has 0 bridgehead atoms. The molecule has 3 rings (SSSR count). The molecule has 0 saturated carbocycles. The second-order valence-corrected chi connectivity index (χ2v) is 5.03. The Bertz CT molecular complexity index is 677. The highest BCUT2D eigenvalue weighted by Gasteiger charge is 2.20. The van der Waals surface area contributed by atoms with E-state index in [2.05, 4.69) is 15.3 Å². The minimum atomic E-state index is -0.811. The molecule has 0 aliphatic heterocycles. The van der Waals surface area contributed by atoms with E-state index in [4.69, 9.17) is 0 Å². The van der Waals surface area contributed by atoms with Crippen LogP contribution < -0.4 is 0 Å². The molecule has 6 heteroatoms. The molecule has 3 aromatic rings. The minimum Gasteiger partial charge on any atom is -0.379 e. The molecule has 0 aliphatic carbocycles. The molecule has 2 heterocycles. The molecule has 0 fully saturated rings. The molecule has 19 heavy (non-hydrogen) atoms. The molecular formula is C13H12N4OS. The van der Waals surface area contributed by atoms with Crippen LogP contribution in [-0.4, -0.2) is 25.1 Å². The van der Waals surface area contributed by atoms with E-state index in [1.165, 1.54) is 11.3 Å². The molecule has 1 aromatic carbocycles. The summed E-state index contributed by atoms with van der Waals surface area (Å²) in [5, 5.41) is 20.9. The van der Waals surface area contributed by atoms with Gasteiger partial charge in [0.05, 0.1) is 11.9 Å². The summed E-state index contributed by atoms with van der Waals surface area (Å²) in [6.07, 6.45) is 0.753. The molecule has 0 spiro atoms. The molecule has 0 saturated heterocycles. The average molecular weight is 272 g/mol. The summed E-state index contributed by atoms with van der Waals surface area (Å²) in [6.45, 7) is 1.90. The van der Waals surface area contributed by atoms with Crippen LogP contribution in [0.4, 0.5) is 0 Å². The standard InChI is InChI=1S/C13H12N4OS/c1-9-8-19-13(15-9)12(18)11-7-14-16-17(11)10-5-3-2-4-6-10/h2-8,12,18H,1H3. The van der Waals surface area contributed by atoms with E-state index in [0.717, 1.165) is 11.4 Å². The summed E-state index contributed by atoms with van der Waals surface area (Å²) in [7, 11) is 0.